The van der Waals surface area contributed by atoms with Gasteiger partial charge in [-0.2, -0.15) is 5.21 Å². The van der Waals surface area contributed by atoms with Crippen LogP contribution in [0.15, 0.2) is 42.6 Å². The molecule has 0 aliphatic carbocycles. The van der Waals surface area contributed by atoms with Gasteiger partial charge in [0, 0.05) is 12.1 Å². The van der Waals surface area contributed by atoms with Crippen molar-refractivity contribution in [3.63, 3.8) is 0 Å². The molecule has 8 nitrogen and oxygen atoms in total. The number of pyridine rings is 1. The fraction of sp³-hybridized carbons (Fsp3) is 0.316. The van der Waals surface area contributed by atoms with Crippen LogP contribution in [0, 0.1) is 5.92 Å². The summed E-state index contributed by atoms with van der Waals surface area (Å²) < 4.78 is 0. The molecule has 0 spiro atoms. The second kappa shape index (κ2) is 8.39. The third-order valence-corrected chi connectivity index (χ3v) is 4.59. The molecule has 0 bridgehead atoms. The maximum absolute atomic E-state index is 11.8. The number of nitrogens with two attached hydrogens (primary N) is 1. The van der Waals surface area contributed by atoms with Gasteiger partial charge < -0.3 is 10.8 Å². The highest BCUT2D eigenvalue weighted by atomic mass is 16.4. The lowest BCUT2D eigenvalue weighted by Crippen LogP contribution is -2.25. The Hall–Kier alpha value is -3.29. The molecule has 0 radical (unpaired) electrons. The number of aromatic amines is 1. The van der Waals surface area contributed by atoms with E-state index in [-0.39, 0.29) is 5.92 Å². The third-order valence-electron chi connectivity index (χ3n) is 4.59. The van der Waals surface area contributed by atoms with E-state index in [0.717, 1.165) is 23.1 Å². The largest absolute Gasteiger partial charge is 0.481 e. The number of aliphatic carboxylic acids is 1. The van der Waals surface area contributed by atoms with Gasteiger partial charge >= 0.3 is 5.97 Å². The average Bonchev–Trinajstić information content (AvgIpc) is 3.19. The molecule has 2 heterocycles. The highest BCUT2D eigenvalue weighted by molar-refractivity contribution is 5.71. The molecule has 4 N–H and O–H groups in total. The van der Waals surface area contributed by atoms with E-state index in [1.54, 1.807) is 6.20 Å². The fourth-order valence-corrected chi connectivity index (χ4v) is 3.31. The number of carboxylic acids is 1. The van der Waals surface area contributed by atoms with Crippen LogP contribution in [0.3, 0.4) is 0 Å². The number of carbonyl (C=O) groups is 1. The number of benzene rings is 1. The number of nitrogens with zero attached hydrogens (tertiary/aromatic N) is 4. The van der Waals surface area contributed by atoms with E-state index in [2.05, 4.69) is 25.6 Å². The predicted molar refractivity (Wildman–Crippen MR) is 101 cm³/mol. The van der Waals surface area contributed by atoms with E-state index in [9.17, 15) is 9.90 Å². The number of tetrazole rings is 1. The highest BCUT2D eigenvalue weighted by Gasteiger charge is 2.32. The highest BCUT2D eigenvalue weighted by Crippen LogP contribution is 2.31. The number of H-pyrrole nitrogens is 1. The summed E-state index contributed by atoms with van der Waals surface area (Å²) >= 11 is 0. The first-order valence-corrected chi connectivity index (χ1v) is 8.85. The zero-order valence-corrected chi connectivity index (χ0v) is 15.0. The molecular formula is C19H22N6O2. The van der Waals surface area contributed by atoms with Gasteiger partial charge in [0.1, 0.15) is 5.82 Å². The van der Waals surface area contributed by atoms with Crippen LogP contribution in [0.25, 0.3) is 11.1 Å². The second-order valence-electron chi connectivity index (χ2n) is 6.48. The smallest absolute Gasteiger partial charge is 0.307 e. The van der Waals surface area contributed by atoms with Crippen LogP contribution in [0.1, 0.15) is 37.1 Å². The Morgan fingerprint density at radius 2 is 2.07 bits per heavy atom. The van der Waals surface area contributed by atoms with E-state index < -0.39 is 11.9 Å². The fourth-order valence-electron chi connectivity index (χ4n) is 3.31. The SMILES string of the molecule is CCC[C@H](C(=O)O)[C@H](Cc1cccc(-c2ccnc(N)c2)c1)c1nn[nH]n1. The van der Waals surface area contributed by atoms with E-state index >= 15 is 0 Å². The molecule has 140 valence electrons. The van der Waals surface area contributed by atoms with E-state index in [0.29, 0.717) is 24.5 Å². The lowest BCUT2D eigenvalue weighted by molar-refractivity contribution is -0.142. The van der Waals surface area contributed by atoms with E-state index in [4.69, 9.17) is 5.73 Å². The predicted octanol–water partition coefficient (Wildman–Crippen LogP) is 2.67. The first-order chi connectivity index (χ1) is 13.1. The van der Waals surface area contributed by atoms with Gasteiger partial charge in [-0.25, -0.2) is 4.98 Å². The third kappa shape index (κ3) is 4.46. The maximum Gasteiger partial charge on any atom is 0.307 e. The standard InChI is InChI=1S/C19H22N6O2/c1-2-4-15(19(26)27)16(18-22-24-25-23-18)10-12-5-3-6-13(9-12)14-7-8-21-17(20)11-14/h3,5-9,11,15-16H,2,4,10H2,1H3,(H2,20,21)(H,26,27)(H,22,23,24,25)/t15-,16-/m0/s1. The van der Waals surface area contributed by atoms with Crippen LogP contribution >= 0.6 is 0 Å². The first kappa shape index (κ1) is 18.5. The molecule has 0 fully saturated rings. The second-order valence-corrected chi connectivity index (χ2v) is 6.48. The Morgan fingerprint density at radius 1 is 1.26 bits per heavy atom. The molecule has 3 aromatic rings. The molecule has 0 aliphatic rings. The number of nitrogen functional groups attached to an aromatic ring is 1. The van der Waals surface area contributed by atoms with Crippen molar-refractivity contribution < 1.29 is 9.90 Å². The Kier molecular flexibility index (Phi) is 5.75. The quantitative estimate of drug-likeness (QED) is 0.558. The molecule has 2 aromatic heterocycles. The topological polar surface area (TPSA) is 131 Å². The molecule has 8 heteroatoms. The van der Waals surface area contributed by atoms with Gasteiger partial charge in [-0.15, -0.1) is 10.2 Å². The Labute approximate surface area is 156 Å². The van der Waals surface area contributed by atoms with Crippen molar-refractivity contribution in [1.82, 2.24) is 25.6 Å². The monoisotopic (exact) mass is 366 g/mol. The zero-order valence-electron chi connectivity index (χ0n) is 15.0. The molecule has 27 heavy (non-hydrogen) atoms. The molecule has 0 aliphatic heterocycles. The minimum atomic E-state index is -0.843. The summed E-state index contributed by atoms with van der Waals surface area (Å²) in [5.41, 5.74) is 8.74. The molecule has 0 amide bonds. The summed E-state index contributed by atoms with van der Waals surface area (Å²) in [4.78, 5) is 15.9. The normalized spacial score (nSPS) is 13.2. The van der Waals surface area contributed by atoms with Gasteiger partial charge in [0.25, 0.3) is 0 Å². The number of hydrogen-bond acceptors (Lipinski definition) is 6. The molecule has 0 saturated carbocycles. The average molecular weight is 366 g/mol. The van der Waals surface area contributed by atoms with Crippen molar-refractivity contribution in [1.29, 1.82) is 0 Å². The number of anilines is 1. The number of nitrogens with one attached hydrogen (secondary N) is 1. The van der Waals surface area contributed by atoms with Crippen LogP contribution in [0.5, 0.6) is 0 Å². The molecular weight excluding hydrogens is 344 g/mol. The zero-order chi connectivity index (χ0) is 19.2. The van der Waals surface area contributed by atoms with Crippen molar-refractivity contribution in [2.24, 2.45) is 5.92 Å². The van der Waals surface area contributed by atoms with Gasteiger partial charge in [-0.3, -0.25) is 4.79 Å². The van der Waals surface area contributed by atoms with Crippen LogP contribution in [-0.2, 0) is 11.2 Å². The van der Waals surface area contributed by atoms with Gasteiger partial charge in [0.2, 0.25) is 0 Å². The number of carboxylic acid groups (broad SMARTS) is 1. The van der Waals surface area contributed by atoms with Crippen LogP contribution in [0.4, 0.5) is 5.82 Å². The minimum Gasteiger partial charge on any atom is -0.481 e. The Morgan fingerprint density at radius 3 is 2.74 bits per heavy atom. The molecule has 1 aromatic carbocycles. The number of rotatable bonds is 8. The van der Waals surface area contributed by atoms with E-state index in [1.807, 2.05) is 43.3 Å². The van der Waals surface area contributed by atoms with Crippen molar-refractivity contribution in [2.75, 3.05) is 5.73 Å². The molecule has 0 saturated heterocycles. The van der Waals surface area contributed by atoms with Gasteiger partial charge in [0.05, 0.1) is 5.92 Å². The summed E-state index contributed by atoms with van der Waals surface area (Å²) in [6.07, 6.45) is 3.49. The Bertz CT molecular complexity index is 897. The minimum absolute atomic E-state index is 0.362. The van der Waals surface area contributed by atoms with Crippen LogP contribution in [0.2, 0.25) is 0 Å². The number of hydrogen-bond donors (Lipinski definition) is 3. The summed E-state index contributed by atoms with van der Waals surface area (Å²) in [6.45, 7) is 1.97. The Balaban J connectivity index is 1.92. The summed E-state index contributed by atoms with van der Waals surface area (Å²) in [5.74, 6) is -0.901. The van der Waals surface area contributed by atoms with Crippen molar-refractivity contribution in [2.45, 2.75) is 32.1 Å². The van der Waals surface area contributed by atoms with Gasteiger partial charge in [0.15, 0.2) is 5.82 Å². The van der Waals surface area contributed by atoms with Gasteiger partial charge in [-0.05, 0) is 41.7 Å². The van der Waals surface area contributed by atoms with Gasteiger partial charge in [-0.1, -0.05) is 42.8 Å². The number of aromatic nitrogens is 5. The van der Waals surface area contributed by atoms with Crippen molar-refractivity contribution in [3.05, 3.63) is 54.0 Å². The van der Waals surface area contributed by atoms with E-state index in [1.165, 1.54) is 0 Å². The first-order valence-electron chi connectivity index (χ1n) is 8.85. The lowest BCUT2D eigenvalue weighted by atomic mass is 9.83. The maximum atomic E-state index is 11.8. The molecule has 2 atom stereocenters. The van der Waals surface area contributed by atoms with Crippen molar-refractivity contribution >= 4 is 11.8 Å². The van der Waals surface area contributed by atoms with Crippen LogP contribution in [-0.4, -0.2) is 36.7 Å². The van der Waals surface area contributed by atoms with Crippen LogP contribution < -0.4 is 5.73 Å². The van der Waals surface area contributed by atoms with Crippen molar-refractivity contribution in [3.8, 4) is 11.1 Å². The summed E-state index contributed by atoms with van der Waals surface area (Å²) in [5, 5.41) is 23.9. The molecule has 0 unspecified atom stereocenters. The lowest BCUT2D eigenvalue weighted by Gasteiger charge is -2.21. The summed E-state index contributed by atoms with van der Waals surface area (Å²) in [7, 11) is 0. The molecule has 3 rings (SSSR count). The summed E-state index contributed by atoms with van der Waals surface area (Å²) in [6, 6.07) is 11.7.